The van der Waals surface area contributed by atoms with E-state index in [1.165, 1.54) is 16.4 Å². The number of ether oxygens (including phenoxy) is 1. The number of benzene rings is 2. The molecule has 0 atom stereocenters. The Morgan fingerprint density at radius 1 is 1.07 bits per heavy atom. The van der Waals surface area contributed by atoms with Crippen LogP contribution in [0.5, 0.6) is 5.75 Å². The van der Waals surface area contributed by atoms with Gasteiger partial charge in [-0.2, -0.15) is 4.31 Å². The van der Waals surface area contributed by atoms with Gasteiger partial charge in [0, 0.05) is 18.8 Å². The quantitative estimate of drug-likeness (QED) is 0.803. The maximum Gasteiger partial charge on any atom is 0.262 e. The summed E-state index contributed by atoms with van der Waals surface area (Å²) in [5.41, 5.74) is 1.65. The maximum atomic E-state index is 12.7. The number of carbonyl (C=O) groups is 1. The Hall–Kier alpha value is -2.38. The van der Waals surface area contributed by atoms with Gasteiger partial charge in [0.1, 0.15) is 5.75 Å². The molecule has 1 N–H and O–H groups in total. The summed E-state index contributed by atoms with van der Waals surface area (Å²) in [6.45, 7) is 5.11. The average molecular weight is 403 g/mol. The van der Waals surface area contributed by atoms with Crippen LogP contribution in [0.1, 0.15) is 25.3 Å². The van der Waals surface area contributed by atoms with E-state index in [-0.39, 0.29) is 17.4 Å². The van der Waals surface area contributed by atoms with Crippen LogP contribution in [-0.2, 0) is 14.8 Å². The third kappa shape index (κ3) is 5.11. The number of nitrogens with one attached hydrogen (secondary N) is 1. The Morgan fingerprint density at radius 3 is 2.29 bits per heavy atom. The minimum atomic E-state index is -3.48. The van der Waals surface area contributed by atoms with Crippen molar-refractivity contribution in [2.45, 2.75) is 31.6 Å². The summed E-state index contributed by atoms with van der Waals surface area (Å²) < 4.78 is 32.4. The zero-order chi connectivity index (χ0) is 20.1. The smallest absolute Gasteiger partial charge is 0.262 e. The highest BCUT2D eigenvalue weighted by Crippen LogP contribution is 2.24. The van der Waals surface area contributed by atoms with Gasteiger partial charge in [-0.15, -0.1) is 0 Å². The van der Waals surface area contributed by atoms with Gasteiger partial charge in [0.05, 0.1) is 4.90 Å². The normalized spacial score (nSPS) is 15.9. The Labute approximate surface area is 166 Å². The van der Waals surface area contributed by atoms with Gasteiger partial charge < -0.3 is 10.1 Å². The highest BCUT2D eigenvalue weighted by atomic mass is 32.2. The van der Waals surface area contributed by atoms with Crippen LogP contribution in [0.15, 0.2) is 53.4 Å². The summed E-state index contributed by atoms with van der Waals surface area (Å²) in [4.78, 5) is 12.3. The van der Waals surface area contributed by atoms with E-state index in [4.69, 9.17) is 4.74 Å². The largest absolute Gasteiger partial charge is 0.484 e. The molecular weight excluding hydrogens is 376 g/mol. The van der Waals surface area contributed by atoms with Crippen molar-refractivity contribution in [1.29, 1.82) is 0 Å². The van der Waals surface area contributed by atoms with Crippen molar-refractivity contribution >= 4 is 21.6 Å². The fraction of sp³-hybridized carbons (Fsp3) is 0.381. The lowest BCUT2D eigenvalue weighted by atomic mass is 10.0. The molecule has 0 spiro atoms. The van der Waals surface area contributed by atoms with E-state index < -0.39 is 10.0 Å². The Bertz CT molecular complexity index is 900. The van der Waals surface area contributed by atoms with Gasteiger partial charge >= 0.3 is 0 Å². The van der Waals surface area contributed by atoms with Crippen molar-refractivity contribution in [1.82, 2.24) is 4.31 Å². The van der Waals surface area contributed by atoms with E-state index in [1.807, 2.05) is 31.2 Å². The number of piperidine rings is 1. The summed E-state index contributed by atoms with van der Waals surface area (Å²) in [5.74, 6) is 0.880. The van der Waals surface area contributed by atoms with E-state index in [9.17, 15) is 13.2 Å². The summed E-state index contributed by atoms with van der Waals surface area (Å²) in [7, 11) is -3.48. The monoisotopic (exact) mass is 402 g/mol. The van der Waals surface area contributed by atoms with Gasteiger partial charge in [0.15, 0.2) is 6.61 Å². The number of hydrogen-bond donors (Lipinski definition) is 1. The molecule has 1 amide bonds. The first-order valence-corrected chi connectivity index (χ1v) is 10.9. The lowest BCUT2D eigenvalue weighted by Crippen LogP contribution is -2.37. The number of amides is 1. The predicted molar refractivity (Wildman–Crippen MR) is 109 cm³/mol. The lowest BCUT2D eigenvalue weighted by molar-refractivity contribution is -0.118. The zero-order valence-electron chi connectivity index (χ0n) is 16.2. The SMILES string of the molecule is Cc1ccc(OCC(=O)Nc2ccc(S(=O)(=O)N3CCC(C)CC3)cc2)cc1. The van der Waals surface area contributed by atoms with Gasteiger partial charge in [0.2, 0.25) is 10.0 Å². The molecule has 1 saturated heterocycles. The molecule has 0 unspecified atom stereocenters. The number of rotatable bonds is 6. The summed E-state index contributed by atoms with van der Waals surface area (Å²) in [5, 5.41) is 2.72. The van der Waals surface area contributed by atoms with Crippen LogP contribution < -0.4 is 10.1 Å². The van der Waals surface area contributed by atoms with Crippen molar-refractivity contribution in [3.05, 3.63) is 54.1 Å². The Morgan fingerprint density at radius 2 is 1.68 bits per heavy atom. The topological polar surface area (TPSA) is 75.7 Å². The molecular formula is C21H26N2O4S. The number of carbonyl (C=O) groups excluding carboxylic acids is 1. The van der Waals surface area contributed by atoms with Gasteiger partial charge in [-0.3, -0.25) is 4.79 Å². The first-order valence-electron chi connectivity index (χ1n) is 9.44. The molecule has 1 heterocycles. The minimum absolute atomic E-state index is 0.116. The fourth-order valence-corrected chi connectivity index (χ4v) is 4.53. The summed E-state index contributed by atoms with van der Waals surface area (Å²) >= 11 is 0. The lowest BCUT2D eigenvalue weighted by Gasteiger charge is -2.29. The third-order valence-electron chi connectivity index (χ3n) is 4.91. The van der Waals surface area contributed by atoms with Crippen molar-refractivity contribution in [2.24, 2.45) is 5.92 Å². The Balaban J connectivity index is 1.56. The van der Waals surface area contributed by atoms with Crippen LogP contribution in [0.2, 0.25) is 0 Å². The molecule has 1 fully saturated rings. The molecule has 0 aliphatic carbocycles. The predicted octanol–water partition coefficient (Wildman–Crippen LogP) is 3.43. The van der Waals surface area contributed by atoms with E-state index in [0.29, 0.717) is 30.4 Å². The van der Waals surface area contributed by atoms with E-state index in [1.54, 1.807) is 12.1 Å². The molecule has 2 aromatic rings. The van der Waals surface area contributed by atoms with Crippen molar-refractivity contribution < 1.29 is 17.9 Å². The number of sulfonamides is 1. The fourth-order valence-electron chi connectivity index (χ4n) is 3.07. The van der Waals surface area contributed by atoms with E-state index in [0.717, 1.165) is 18.4 Å². The number of hydrogen-bond acceptors (Lipinski definition) is 4. The second kappa shape index (κ2) is 8.75. The van der Waals surface area contributed by atoms with E-state index in [2.05, 4.69) is 12.2 Å². The average Bonchev–Trinajstić information content (AvgIpc) is 2.68. The molecule has 6 nitrogen and oxygen atoms in total. The molecule has 0 saturated carbocycles. The molecule has 0 aromatic heterocycles. The third-order valence-corrected chi connectivity index (χ3v) is 6.82. The standard InChI is InChI=1S/C21H26N2O4S/c1-16-3-7-19(8-4-16)27-15-21(24)22-18-5-9-20(10-6-18)28(25,26)23-13-11-17(2)12-14-23/h3-10,17H,11-15H2,1-2H3,(H,22,24). The van der Waals surface area contributed by atoms with Crippen LogP contribution >= 0.6 is 0 Å². The molecule has 7 heteroatoms. The maximum absolute atomic E-state index is 12.7. The highest BCUT2D eigenvalue weighted by Gasteiger charge is 2.27. The van der Waals surface area contributed by atoms with E-state index >= 15 is 0 Å². The summed E-state index contributed by atoms with van der Waals surface area (Å²) in [6, 6.07) is 13.7. The zero-order valence-corrected chi connectivity index (χ0v) is 17.0. The van der Waals surface area contributed by atoms with Gasteiger partial charge in [-0.25, -0.2) is 8.42 Å². The van der Waals surface area contributed by atoms with Gasteiger partial charge in [-0.1, -0.05) is 24.6 Å². The number of aryl methyl sites for hydroxylation is 1. The van der Waals surface area contributed by atoms with Gasteiger partial charge in [-0.05, 0) is 62.1 Å². The second-order valence-corrected chi connectivity index (χ2v) is 9.20. The van der Waals surface area contributed by atoms with Crippen LogP contribution in [-0.4, -0.2) is 38.3 Å². The number of nitrogens with zero attached hydrogens (tertiary/aromatic N) is 1. The van der Waals surface area contributed by atoms with Crippen LogP contribution in [0, 0.1) is 12.8 Å². The van der Waals surface area contributed by atoms with Crippen molar-refractivity contribution in [3.8, 4) is 5.75 Å². The van der Waals surface area contributed by atoms with Gasteiger partial charge in [0.25, 0.3) is 5.91 Å². The van der Waals surface area contributed by atoms with Crippen molar-refractivity contribution in [3.63, 3.8) is 0 Å². The summed E-state index contributed by atoms with van der Waals surface area (Å²) in [6.07, 6.45) is 1.77. The minimum Gasteiger partial charge on any atom is -0.484 e. The molecule has 1 aliphatic rings. The second-order valence-electron chi connectivity index (χ2n) is 7.26. The van der Waals surface area contributed by atoms with Crippen LogP contribution in [0.25, 0.3) is 0 Å². The Kier molecular flexibility index (Phi) is 6.36. The molecule has 0 radical (unpaired) electrons. The number of anilines is 1. The molecule has 150 valence electrons. The van der Waals surface area contributed by atoms with Crippen molar-refractivity contribution in [2.75, 3.05) is 25.0 Å². The molecule has 0 bridgehead atoms. The molecule has 2 aromatic carbocycles. The first kappa shape index (κ1) is 20.4. The molecule has 28 heavy (non-hydrogen) atoms. The van der Waals surface area contributed by atoms with Crippen LogP contribution in [0.4, 0.5) is 5.69 Å². The molecule has 3 rings (SSSR count). The first-order chi connectivity index (χ1) is 13.3. The highest BCUT2D eigenvalue weighted by molar-refractivity contribution is 7.89. The molecule has 1 aliphatic heterocycles. The van der Waals surface area contributed by atoms with Crippen LogP contribution in [0.3, 0.4) is 0 Å².